The SMILES string of the molecule is COc1csc(C(=O)Nc2cc(Cl)ccc2/C(N)=N/O)c1. The largest absolute Gasteiger partial charge is 0.496 e. The fourth-order valence-electron chi connectivity index (χ4n) is 1.63. The fourth-order valence-corrected chi connectivity index (χ4v) is 2.55. The molecule has 0 aliphatic carbocycles. The van der Waals surface area contributed by atoms with Crippen molar-refractivity contribution < 1.29 is 14.7 Å². The van der Waals surface area contributed by atoms with Crippen LogP contribution in [0.25, 0.3) is 0 Å². The number of nitrogens with two attached hydrogens (primary N) is 1. The van der Waals surface area contributed by atoms with Crippen molar-refractivity contribution in [3.8, 4) is 5.75 Å². The van der Waals surface area contributed by atoms with Crippen LogP contribution in [0.5, 0.6) is 5.75 Å². The summed E-state index contributed by atoms with van der Waals surface area (Å²) >= 11 is 7.15. The van der Waals surface area contributed by atoms with E-state index in [1.807, 2.05) is 0 Å². The summed E-state index contributed by atoms with van der Waals surface area (Å²) in [4.78, 5) is 12.6. The summed E-state index contributed by atoms with van der Waals surface area (Å²) in [5, 5.41) is 16.5. The minimum absolute atomic E-state index is 0.120. The van der Waals surface area contributed by atoms with Gasteiger partial charge in [0.1, 0.15) is 5.75 Å². The molecule has 1 heterocycles. The van der Waals surface area contributed by atoms with Crippen molar-refractivity contribution in [3.63, 3.8) is 0 Å². The maximum absolute atomic E-state index is 12.2. The molecule has 0 aliphatic heterocycles. The van der Waals surface area contributed by atoms with Crippen LogP contribution in [0.3, 0.4) is 0 Å². The number of halogens is 1. The number of methoxy groups -OCH3 is 1. The maximum Gasteiger partial charge on any atom is 0.265 e. The monoisotopic (exact) mass is 325 g/mol. The quantitative estimate of drug-likeness (QED) is 0.348. The number of nitrogens with zero attached hydrogens (tertiary/aromatic N) is 1. The number of oxime groups is 1. The summed E-state index contributed by atoms with van der Waals surface area (Å²) in [7, 11) is 1.53. The smallest absolute Gasteiger partial charge is 0.265 e. The Morgan fingerprint density at radius 1 is 1.48 bits per heavy atom. The number of hydrogen-bond acceptors (Lipinski definition) is 5. The molecule has 2 rings (SSSR count). The van der Waals surface area contributed by atoms with Gasteiger partial charge in [0, 0.05) is 22.0 Å². The predicted octanol–water partition coefficient (Wildman–Crippen LogP) is 2.76. The highest BCUT2D eigenvalue weighted by atomic mass is 35.5. The average molecular weight is 326 g/mol. The van der Waals surface area contributed by atoms with Gasteiger partial charge in [0.2, 0.25) is 0 Å². The van der Waals surface area contributed by atoms with Crippen LogP contribution >= 0.6 is 22.9 Å². The number of carbonyl (C=O) groups is 1. The molecule has 0 bridgehead atoms. The number of nitrogens with one attached hydrogen (secondary N) is 1. The second-order valence-corrected chi connectivity index (χ2v) is 5.33. The Morgan fingerprint density at radius 2 is 2.24 bits per heavy atom. The van der Waals surface area contributed by atoms with Gasteiger partial charge in [-0.3, -0.25) is 4.79 Å². The molecule has 1 aromatic carbocycles. The van der Waals surface area contributed by atoms with Crippen molar-refractivity contribution in [2.24, 2.45) is 10.9 Å². The lowest BCUT2D eigenvalue weighted by Gasteiger charge is -2.09. The van der Waals surface area contributed by atoms with Gasteiger partial charge in [-0.25, -0.2) is 0 Å². The van der Waals surface area contributed by atoms with E-state index in [1.54, 1.807) is 23.6 Å². The summed E-state index contributed by atoms with van der Waals surface area (Å²) in [6.45, 7) is 0. The molecule has 6 nitrogen and oxygen atoms in total. The van der Waals surface area contributed by atoms with Crippen LogP contribution in [0.2, 0.25) is 5.02 Å². The Kier molecular flexibility index (Phi) is 4.66. The van der Waals surface area contributed by atoms with Gasteiger partial charge < -0.3 is 21.0 Å². The first-order valence-electron chi connectivity index (χ1n) is 5.76. The standard InChI is InChI=1S/C13H12ClN3O3S/c1-20-8-5-11(21-6-8)13(18)16-10-4-7(14)2-3-9(10)12(15)17-19/h2-6,19H,1H3,(H2,15,17)(H,16,18). The molecule has 0 saturated carbocycles. The summed E-state index contributed by atoms with van der Waals surface area (Å²) in [6.07, 6.45) is 0. The third-order valence-electron chi connectivity index (χ3n) is 2.65. The normalized spacial score (nSPS) is 11.2. The first-order valence-corrected chi connectivity index (χ1v) is 7.02. The van der Waals surface area contributed by atoms with E-state index in [-0.39, 0.29) is 11.7 Å². The molecule has 2 aromatic rings. The minimum Gasteiger partial charge on any atom is -0.496 e. The Bertz CT molecular complexity index is 700. The van der Waals surface area contributed by atoms with Crippen molar-refractivity contribution >= 4 is 40.4 Å². The average Bonchev–Trinajstić information content (AvgIpc) is 2.95. The second kappa shape index (κ2) is 6.47. The van der Waals surface area contributed by atoms with Crippen molar-refractivity contribution in [3.05, 3.63) is 45.1 Å². The Balaban J connectivity index is 2.30. The van der Waals surface area contributed by atoms with Gasteiger partial charge in [-0.15, -0.1) is 11.3 Å². The molecule has 0 unspecified atom stereocenters. The lowest BCUT2D eigenvalue weighted by atomic mass is 10.1. The highest BCUT2D eigenvalue weighted by Gasteiger charge is 2.14. The van der Waals surface area contributed by atoms with Crippen LogP contribution in [0.15, 0.2) is 34.8 Å². The summed E-state index contributed by atoms with van der Waals surface area (Å²) < 4.78 is 5.03. The number of thiophene rings is 1. The number of rotatable bonds is 4. The fraction of sp³-hybridized carbons (Fsp3) is 0.0769. The van der Waals surface area contributed by atoms with Gasteiger partial charge in [-0.2, -0.15) is 0 Å². The molecule has 8 heteroatoms. The van der Waals surface area contributed by atoms with Crippen molar-refractivity contribution in [1.82, 2.24) is 0 Å². The first kappa shape index (κ1) is 15.1. The van der Waals surface area contributed by atoms with Crippen LogP contribution in [-0.4, -0.2) is 24.1 Å². The summed E-state index contributed by atoms with van der Waals surface area (Å²) in [5.41, 5.74) is 6.30. The number of ether oxygens (including phenoxy) is 1. The van der Waals surface area contributed by atoms with Crippen LogP contribution < -0.4 is 15.8 Å². The summed E-state index contributed by atoms with van der Waals surface area (Å²) in [6, 6.07) is 6.28. The summed E-state index contributed by atoms with van der Waals surface area (Å²) in [5.74, 6) is 0.149. The number of amides is 1. The molecule has 0 fully saturated rings. The number of anilines is 1. The van der Waals surface area contributed by atoms with Gasteiger partial charge >= 0.3 is 0 Å². The van der Waals surface area contributed by atoms with E-state index in [1.165, 1.54) is 24.5 Å². The van der Waals surface area contributed by atoms with E-state index in [9.17, 15) is 4.79 Å². The van der Waals surface area contributed by atoms with Crippen molar-refractivity contribution in [2.45, 2.75) is 0 Å². The van der Waals surface area contributed by atoms with Crippen LogP contribution in [0.4, 0.5) is 5.69 Å². The topological polar surface area (TPSA) is 96.9 Å². The van der Waals surface area contributed by atoms with Gasteiger partial charge in [0.05, 0.1) is 17.7 Å². The van der Waals surface area contributed by atoms with Gasteiger partial charge in [-0.1, -0.05) is 16.8 Å². The third-order valence-corrected chi connectivity index (χ3v) is 3.79. The number of hydrogen-bond donors (Lipinski definition) is 3. The molecule has 0 saturated heterocycles. The molecule has 110 valence electrons. The zero-order valence-electron chi connectivity index (χ0n) is 11.0. The molecule has 0 atom stereocenters. The van der Waals surface area contributed by atoms with E-state index in [0.29, 0.717) is 26.9 Å². The predicted molar refractivity (Wildman–Crippen MR) is 82.8 cm³/mol. The Morgan fingerprint density at radius 3 is 2.86 bits per heavy atom. The molecule has 0 radical (unpaired) electrons. The van der Waals surface area contributed by atoms with Crippen molar-refractivity contribution in [1.29, 1.82) is 0 Å². The molecule has 1 amide bonds. The lowest BCUT2D eigenvalue weighted by molar-refractivity contribution is 0.103. The van der Waals surface area contributed by atoms with Gasteiger partial charge in [0.15, 0.2) is 5.84 Å². The molecule has 1 aromatic heterocycles. The first-order chi connectivity index (χ1) is 10.0. The molecule has 0 spiro atoms. The maximum atomic E-state index is 12.2. The van der Waals surface area contributed by atoms with Gasteiger partial charge in [-0.05, 0) is 18.2 Å². The zero-order chi connectivity index (χ0) is 15.4. The highest BCUT2D eigenvalue weighted by Crippen LogP contribution is 2.25. The zero-order valence-corrected chi connectivity index (χ0v) is 12.5. The van der Waals surface area contributed by atoms with Crippen molar-refractivity contribution in [2.75, 3.05) is 12.4 Å². The van der Waals surface area contributed by atoms with E-state index in [0.717, 1.165) is 0 Å². The minimum atomic E-state index is -0.336. The van der Waals surface area contributed by atoms with Crippen LogP contribution in [-0.2, 0) is 0 Å². The molecule has 21 heavy (non-hydrogen) atoms. The molecular weight excluding hydrogens is 314 g/mol. The molecule has 4 N–H and O–H groups in total. The Hall–Kier alpha value is -2.25. The van der Waals surface area contributed by atoms with Gasteiger partial charge in [0.25, 0.3) is 5.91 Å². The highest BCUT2D eigenvalue weighted by molar-refractivity contribution is 7.12. The van der Waals surface area contributed by atoms with E-state index < -0.39 is 0 Å². The Labute approximate surface area is 129 Å². The second-order valence-electron chi connectivity index (χ2n) is 3.98. The van der Waals surface area contributed by atoms with E-state index >= 15 is 0 Å². The molecule has 0 aliphatic rings. The van der Waals surface area contributed by atoms with Crippen LogP contribution in [0.1, 0.15) is 15.2 Å². The lowest BCUT2D eigenvalue weighted by Crippen LogP contribution is -2.18. The third kappa shape index (κ3) is 3.45. The van der Waals surface area contributed by atoms with E-state index in [2.05, 4.69) is 10.5 Å². The van der Waals surface area contributed by atoms with Crippen LogP contribution in [0, 0.1) is 0 Å². The molecular formula is C13H12ClN3O3S. The van der Waals surface area contributed by atoms with E-state index in [4.69, 9.17) is 27.3 Å². The number of amidine groups is 1. The number of carbonyl (C=O) groups excluding carboxylic acids is 1. The number of benzene rings is 1.